The normalized spacial score (nSPS) is 20.0. The Hall–Kier alpha value is -1.26. The lowest BCUT2D eigenvalue weighted by Gasteiger charge is -2.40. The van der Waals surface area contributed by atoms with Crippen molar-refractivity contribution in [3.8, 4) is 0 Å². The number of hydrogen-bond acceptors (Lipinski definition) is 3. The van der Waals surface area contributed by atoms with Crippen LogP contribution in [-0.2, 0) is 0 Å². The van der Waals surface area contributed by atoms with Gasteiger partial charge in [0.15, 0.2) is 0 Å². The zero-order valence-corrected chi connectivity index (χ0v) is 13.3. The minimum atomic E-state index is -0.821. The van der Waals surface area contributed by atoms with Gasteiger partial charge >= 0.3 is 0 Å². The van der Waals surface area contributed by atoms with Crippen LogP contribution in [0.3, 0.4) is 0 Å². The number of amides is 1. The number of hydrogen-bond donors (Lipinski definition) is 3. The number of nitrogens with one attached hydrogen (secondary N) is 1. The number of carbonyl (C=O) groups excluding carboxylic acids is 1. The second-order valence-corrected chi connectivity index (χ2v) is 7.16. The predicted octanol–water partition coefficient (Wildman–Crippen LogP) is 2.98. The summed E-state index contributed by atoms with van der Waals surface area (Å²) >= 11 is 6.03. The molecule has 1 aliphatic carbocycles. The Balaban J connectivity index is 1.97. The summed E-state index contributed by atoms with van der Waals surface area (Å²) in [4.78, 5) is 12.2. The smallest absolute Gasteiger partial charge is 0.252 e. The lowest BCUT2D eigenvalue weighted by Crippen LogP contribution is -2.46. The van der Waals surface area contributed by atoms with Crippen LogP contribution in [0.15, 0.2) is 18.2 Å². The van der Waals surface area contributed by atoms with Crippen LogP contribution >= 0.6 is 11.6 Å². The summed E-state index contributed by atoms with van der Waals surface area (Å²) in [5.74, 6) is -0.300. The molecule has 0 saturated heterocycles. The monoisotopic (exact) mass is 310 g/mol. The Labute approximate surface area is 130 Å². The van der Waals surface area contributed by atoms with Gasteiger partial charge in [-0.25, -0.2) is 0 Å². The van der Waals surface area contributed by atoms with E-state index >= 15 is 0 Å². The van der Waals surface area contributed by atoms with Gasteiger partial charge in [0.2, 0.25) is 0 Å². The first kappa shape index (κ1) is 16.1. The molecule has 0 heterocycles. The number of benzene rings is 1. The summed E-state index contributed by atoms with van der Waals surface area (Å²) in [6, 6.07) is 4.96. The van der Waals surface area contributed by atoms with E-state index in [9.17, 15) is 9.90 Å². The molecule has 1 aromatic carbocycles. The van der Waals surface area contributed by atoms with Gasteiger partial charge in [0.1, 0.15) is 0 Å². The Kier molecular flexibility index (Phi) is 4.49. The fourth-order valence-corrected chi connectivity index (χ4v) is 2.85. The molecule has 0 bridgehead atoms. The lowest BCUT2D eigenvalue weighted by atomic mass is 9.71. The summed E-state index contributed by atoms with van der Waals surface area (Å²) in [7, 11) is 0. The van der Waals surface area contributed by atoms with Crippen molar-refractivity contribution in [2.24, 2.45) is 5.41 Å². The Bertz CT molecular complexity index is 533. The molecule has 1 aliphatic rings. The minimum absolute atomic E-state index is 0.243. The van der Waals surface area contributed by atoms with Crippen LogP contribution in [0.5, 0.6) is 0 Å². The quantitative estimate of drug-likeness (QED) is 0.751. The van der Waals surface area contributed by atoms with Gasteiger partial charge in [-0.15, -0.1) is 0 Å². The van der Waals surface area contributed by atoms with Crippen molar-refractivity contribution in [3.63, 3.8) is 0 Å². The van der Waals surface area contributed by atoms with Gasteiger partial charge in [0.05, 0.1) is 21.9 Å². The highest BCUT2D eigenvalue weighted by atomic mass is 35.5. The number of anilines is 1. The summed E-state index contributed by atoms with van der Waals surface area (Å²) < 4.78 is 0. The highest BCUT2D eigenvalue weighted by Gasteiger charge is 2.36. The van der Waals surface area contributed by atoms with Crippen LogP contribution in [0.1, 0.15) is 49.9 Å². The molecule has 5 heteroatoms. The zero-order chi connectivity index (χ0) is 15.7. The highest BCUT2D eigenvalue weighted by Crippen LogP contribution is 2.39. The molecule has 0 spiro atoms. The third-order valence-corrected chi connectivity index (χ3v) is 4.81. The molecule has 4 N–H and O–H groups in total. The zero-order valence-electron chi connectivity index (χ0n) is 12.6. The second kappa shape index (κ2) is 5.85. The average Bonchev–Trinajstić information content (AvgIpc) is 2.43. The molecule has 0 unspecified atom stereocenters. The van der Waals surface area contributed by atoms with Crippen molar-refractivity contribution in [1.29, 1.82) is 0 Å². The van der Waals surface area contributed by atoms with E-state index in [2.05, 4.69) is 19.2 Å². The molecule has 1 saturated carbocycles. The van der Waals surface area contributed by atoms with Gasteiger partial charge in [0, 0.05) is 6.54 Å². The van der Waals surface area contributed by atoms with Gasteiger partial charge in [-0.05, 0) is 43.2 Å². The fraction of sp³-hybridized carbons (Fsp3) is 0.562. The molecule has 1 fully saturated rings. The van der Waals surface area contributed by atoms with Crippen molar-refractivity contribution in [2.45, 2.75) is 45.1 Å². The summed E-state index contributed by atoms with van der Waals surface area (Å²) in [5.41, 5.74) is 5.86. The maximum atomic E-state index is 12.2. The highest BCUT2D eigenvalue weighted by molar-refractivity contribution is 6.36. The van der Waals surface area contributed by atoms with Crippen LogP contribution in [0.25, 0.3) is 0 Å². The topological polar surface area (TPSA) is 75.3 Å². The van der Waals surface area contributed by atoms with Gasteiger partial charge in [0.25, 0.3) is 5.91 Å². The number of rotatable bonds is 3. The number of halogens is 1. The van der Waals surface area contributed by atoms with E-state index in [0.717, 1.165) is 12.8 Å². The summed E-state index contributed by atoms with van der Waals surface area (Å²) in [5, 5.41) is 13.6. The van der Waals surface area contributed by atoms with Gasteiger partial charge in [-0.1, -0.05) is 31.5 Å². The first-order chi connectivity index (χ1) is 9.72. The van der Waals surface area contributed by atoms with Crippen molar-refractivity contribution < 1.29 is 9.90 Å². The first-order valence-corrected chi connectivity index (χ1v) is 7.65. The lowest BCUT2D eigenvalue weighted by molar-refractivity contribution is -0.0233. The third kappa shape index (κ3) is 3.89. The van der Waals surface area contributed by atoms with Gasteiger partial charge in [-0.2, -0.15) is 0 Å². The van der Waals surface area contributed by atoms with E-state index in [-0.39, 0.29) is 22.9 Å². The van der Waals surface area contributed by atoms with E-state index in [1.54, 1.807) is 18.2 Å². The summed E-state index contributed by atoms with van der Waals surface area (Å²) in [6.07, 6.45) is 3.31. The molecular weight excluding hydrogens is 288 g/mol. The molecule has 116 valence electrons. The number of aliphatic hydroxyl groups is 1. The third-order valence-electron chi connectivity index (χ3n) is 4.39. The molecule has 0 radical (unpaired) electrons. The van der Waals surface area contributed by atoms with Crippen LogP contribution in [0.4, 0.5) is 5.69 Å². The molecule has 1 aromatic rings. The molecular formula is C16H23ClN2O2. The maximum Gasteiger partial charge on any atom is 0.252 e. The van der Waals surface area contributed by atoms with Gasteiger partial charge in [-0.3, -0.25) is 4.79 Å². The van der Waals surface area contributed by atoms with Gasteiger partial charge < -0.3 is 16.2 Å². The number of nitrogen functional groups attached to an aromatic ring is 1. The fourth-order valence-electron chi connectivity index (χ4n) is 2.63. The molecule has 0 aromatic heterocycles. The van der Waals surface area contributed by atoms with Crippen LogP contribution in [-0.4, -0.2) is 23.2 Å². The van der Waals surface area contributed by atoms with E-state index in [4.69, 9.17) is 17.3 Å². The Morgan fingerprint density at radius 2 is 1.95 bits per heavy atom. The second-order valence-electron chi connectivity index (χ2n) is 6.78. The maximum absolute atomic E-state index is 12.2. The summed E-state index contributed by atoms with van der Waals surface area (Å²) in [6.45, 7) is 4.66. The van der Waals surface area contributed by atoms with E-state index in [1.807, 2.05) is 0 Å². The molecule has 4 nitrogen and oxygen atoms in total. The molecule has 0 aliphatic heterocycles. The Morgan fingerprint density at radius 3 is 2.57 bits per heavy atom. The largest absolute Gasteiger partial charge is 0.398 e. The standard InChI is InChI=1S/C16H23ClN2O2/c1-15(2)6-8-16(21,9-7-15)10-19-14(20)11-4-3-5-12(18)13(11)17/h3-5,21H,6-10,18H2,1-2H3,(H,19,20). The molecule has 2 rings (SSSR count). The minimum Gasteiger partial charge on any atom is -0.398 e. The number of nitrogens with two attached hydrogens (primary N) is 1. The first-order valence-electron chi connectivity index (χ1n) is 7.27. The molecule has 1 amide bonds. The van der Waals surface area contributed by atoms with Crippen LogP contribution in [0.2, 0.25) is 5.02 Å². The predicted molar refractivity (Wildman–Crippen MR) is 85.4 cm³/mol. The Morgan fingerprint density at radius 1 is 1.33 bits per heavy atom. The van der Waals surface area contributed by atoms with Crippen molar-refractivity contribution >= 4 is 23.2 Å². The van der Waals surface area contributed by atoms with Crippen molar-refractivity contribution in [3.05, 3.63) is 28.8 Å². The van der Waals surface area contributed by atoms with Crippen molar-refractivity contribution in [1.82, 2.24) is 5.32 Å². The SMILES string of the molecule is CC1(C)CCC(O)(CNC(=O)c2cccc(N)c2Cl)CC1. The number of carbonyl (C=O) groups is 1. The van der Waals surface area contributed by atoms with Crippen LogP contribution in [0, 0.1) is 5.41 Å². The van der Waals surface area contributed by atoms with E-state index in [0.29, 0.717) is 24.1 Å². The average molecular weight is 311 g/mol. The molecule has 0 atom stereocenters. The van der Waals surface area contributed by atoms with Crippen LogP contribution < -0.4 is 11.1 Å². The van der Waals surface area contributed by atoms with E-state index < -0.39 is 5.60 Å². The van der Waals surface area contributed by atoms with Crippen molar-refractivity contribution in [2.75, 3.05) is 12.3 Å². The van der Waals surface area contributed by atoms with E-state index in [1.165, 1.54) is 0 Å². The molecule has 21 heavy (non-hydrogen) atoms.